The molecule has 0 aliphatic carbocycles. The van der Waals surface area contributed by atoms with Gasteiger partial charge in [-0.2, -0.15) is 0 Å². The topological polar surface area (TPSA) is 18.5 Å². The maximum absolute atomic E-state index is 6.04. The van der Waals surface area contributed by atoms with Gasteiger partial charge in [-0.25, -0.2) is 0 Å². The van der Waals surface area contributed by atoms with E-state index in [1.54, 1.807) is 0 Å². The Labute approximate surface area is 130 Å². The third-order valence-electron chi connectivity index (χ3n) is 3.49. The molecule has 2 aromatic rings. The van der Waals surface area contributed by atoms with Crippen LogP contribution >= 0.6 is 11.8 Å². The fraction of sp³-hybridized carbons (Fsp3) is 0.333. The van der Waals surface area contributed by atoms with E-state index < -0.39 is 0 Å². The molecule has 0 spiro atoms. The fourth-order valence-electron chi connectivity index (χ4n) is 2.42. The molecule has 0 unspecified atom stereocenters. The summed E-state index contributed by atoms with van der Waals surface area (Å²) in [6.07, 6.45) is 2.41. The van der Waals surface area contributed by atoms with Gasteiger partial charge < -0.3 is 9.47 Å². The summed E-state index contributed by atoms with van der Waals surface area (Å²) in [4.78, 5) is 1.27. The molecule has 0 radical (unpaired) electrons. The van der Waals surface area contributed by atoms with Gasteiger partial charge in [-0.15, -0.1) is 0 Å². The summed E-state index contributed by atoms with van der Waals surface area (Å²) >= 11 is 1.81. The number of benzene rings is 2. The zero-order chi connectivity index (χ0) is 14.3. The lowest BCUT2D eigenvalue weighted by Crippen LogP contribution is -2.15. The van der Waals surface area contributed by atoms with Crippen LogP contribution in [-0.2, 0) is 16.1 Å². The van der Waals surface area contributed by atoms with Gasteiger partial charge in [0.25, 0.3) is 0 Å². The van der Waals surface area contributed by atoms with Crippen LogP contribution in [0.4, 0.5) is 0 Å². The third kappa shape index (κ3) is 4.60. The average Bonchev–Trinajstić information content (AvgIpc) is 2.97. The fourth-order valence-corrected chi connectivity index (χ4v) is 3.50. The first-order valence-electron chi connectivity index (χ1n) is 7.39. The molecular weight excluding hydrogens is 280 g/mol. The minimum Gasteiger partial charge on any atom is -0.374 e. The summed E-state index contributed by atoms with van der Waals surface area (Å²) in [5, 5.41) is 0. The maximum Gasteiger partial charge on any atom is 0.108 e. The molecule has 0 aromatic heterocycles. The lowest BCUT2D eigenvalue weighted by Gasteiger charge is -2.13. The van der Waals surface area contributed by atoms with Gasteiger partial charge in [0.2, 0.25) is 0 Å². The third-order valence-corrected chi connectivity index (χ3v) is 4.65. The Hall–Kier alpha value is -1.29. The minimum absolute atomic E-state index is 0.231. The smallest absolute Gasteiger partial charge is 0.108 e. The van der Waals surface area contributed by atoms with E-state index in [1.807, 2.05) is 36.0 Å². The van der Waals surface area contributed by atoms with Crippen LogP contribution in [0.2, 0.25) is 0 Å². The normalized spacial score (nSPS) is 21.5. The molecule has 110 valence electrons. The van der Waals surface area contributed by atoms with E-state index in [9.17, 15) is 0 Å². The van der Waals surface area contributed by atoms with Crippen LogP contribution in [0.15, 0.2) is 65.6 Å². The monoisotopic (exact) mass is 300 g/mol. The van der Waals surface area contributed by atoms with Crippen molar-refractivity contribution in [3.8, 4) is 0 Å². The molecule has 0 N–H and O–H groups in total. The highest BCUT2D eigenvalue weighted by Crippen LogP contribution is 2.33. The molecule has 3 heteroatoms. The number of hydrogen-bond acceptors (Lipinski definition) is 3. The maximum atomic E-state index is 6.04. The SMILES string of the molecule is c1ccc(COC[C@@H]2CC[C@H](Sc3ccccc3)O2)cc1. The lowest BCUT2D eigenvalue weighted by molar-refractivity contribution is 0.00275. The van der Waals surface area contributed by atoms with Crippen LogP contribution in [-0.4, -0.2) is 18.1 Å². The van der Waals surface area contributed by atoms with Crippen molar-refractivity contribution < 1.29 is 9.47 Å². The van der Waals surface area contributed by atoms with Crippen LogP contribution in [0.25, 0.3) is 0 Å². The number of thioether (sulfide) groups is 1. The Morgan fingerprint density at radius 3 is 2.43 bits per heavy atom. The second kappa shape index (κ2) is 7.64. The van der Waals surface area contributed by atoms with Crippen molar-refractivity contribution in [1.82, 2.24) is 0 Å². The van der Waals surface area contributed by atoms with Crippen molar-refractivity contribution in [2.24, 2.45) is 0 Å². The molecule has 2 atom stereocenters. The molecule has 3 rings (SSSR count). The van der Waals surface area contributed by atoms with Gasteiger partial charge in [-0.3, -0.25) is 0 Å². The van der Waals surface area contributed by atoms with E-state index in [4.69, 9.17) is 9.47 Å². The van der Waals surface area contributed by atoms with Gasteiger partial charge in [-0.05, 0) is 30.5 Å². The molecule has 0 saturated carbocycles. The summed E-state index contributed by atoms with van der Waals surface area (Å²) < 4.78 is 11.8. The second-order valence-corrected chi connectivity index (χ2v) is 6.43. The predicted molar refractivity (Wildman–Crippen MR) is 86.3 cm³/mol. The molecule has 21 heavy (non-hydrogen) atoms. The standard InChI is InChI=1S/C18H20O2S/c1-3-7-15(8-4-1)13-19-14-16-11-12-18(20-16)21-17-9-5-2-6-10-17/h1-10,16,18H,11-14H2/t16-,18-/m0/s1. The van der Waals surface area contributed by atoms with Crippen molar-refractivity contribution in [3.63, 3.8) is 0 Å². The highest BCUT2D eigenvalue weighted by atomic mass is 32.2. The molecule has 2 nitrogen and oxygen atoms in total. The Morgan fingerprint density at radius 2 is 1.67 bits per heavy atom. The number of rotatable bonds is 6. The zero-order valence-electron chi connectivity index (χ0n) is 12.0. The van der Waals surface area contributed by atoms with E-state index in [-0.39, 0.29) is 11.5 Å². The van der Waals surface area contributed by atoms with Crippen LogP contribution in [0, 0.1) is 0 Å². The molecular formula is C18H20O2S. The largest absolute Gasteiger partial charge is 0.374 e. The van der Waals surface area contributed by atoms with E-state index in [0.29, 0.717) is 13.2 Å². The first kappa shape index (κ1) is 14.6. The van der Waals surface area contributed by atoms with Crippen molar-refractivity contribution in [2.75, 3.05) is 6.61 Å². The van der Waals surface area contributed by atoms with Crippen LogP contribution in [0.5, 0.6) is 0 Å². The Balaban J connectivity index is 1.39. The Bertz CT molecular complexity index is 529. The summed E-state index contributed by atoms with van der Waals surface area (Å²) in [6, 6.07) is 20.7. The molecule has 1 aliphatic heterocycles. The molecule has 0 amide bonds. The molecule has 0 bridgehead atoms. The van der Waals surface area contributed by atoms with E-state index in [1.165, 1.54) is 10.5 Å². The average molecular weight is 300 g/mol. The highest BCUT2D eigenvalue weighted by Gasteiger charge is 2.26. The van der Waals surface area contributed by atoms with Gasteiger partial charge >= 0.3 is 0 Å². The van der Waals surface area contributed by atoms with Gasteiger partial charge in [-0.1, -0.05) is 60.3 Å². The van der Waals surface area contributed by atoms with Crippen molar-refractivity contribution >= 4 is 11.8 Å². The summed E-state index contributed by atoms with van der Waals surface area (Å²) in [7, 11) is 0. The first-order valence-corrected chi connectivity index (χ1v) is 8.27. The number of ether oxygens (including phenoxy) is 2. The van der Waals surface area contributed by atoms with Gasteiger partial charge in [0.05, 0.1) is 19.3 Å². The van der Waals surface area contributed by atoms with Crippen molar-refractivity contribution in [2.45, 2.75) is 35.9 Å². The predicted octanol–water partition coefficient (Wildman–Crippen LogP) is 4.50. The van der Waals surface area contributed by atoms with E-state index in [0.717, 1.165) is 12.8 Å². The lowest BCUT2D eigenvalue weighted by atomic mass is 10.2. The minimum atomic E-state index is 0.231. The Morgan fingerprint density at radius 1 is 0.952 bits per heavy atom. The molecule has 1 heterocycles. The molecule has 1 aliphatic rings. The second-order valence-electron chi connectivity index (χ2n) is 5.20. The van der Waals surface area contributed by atoms with Crippen molar-refractivity contribution in [3.05, 3.63) is 66.2 Å². The van der Waals surface area contributed by atoms with E-state index >= 15 is 0 Å². The summed E-state index contributed by atoms with van der Waals surface area (Å²) in [6.45, 7) is 1.35. The molecule has 1 saturated heterocycles. The Kier molecular flexibility index (Phi) is 5.33. The molecule has 2 aromatic carbocycles. The van der Waals surface area contributed by atoms with Crippen LogP contribution in [0.3, 0.4) is 0 Å². The van der Waals surface area contributed by atoms with Gasteiger partial charge in [0.15, 0.2) is 0 Å². The van der Waals surface area contributed by atoms with E-state index in [2.05, 4.69) is 36.4 Å². The van der Waals surface area contributed by atoms with Crippen LogP contribution in [0.1, 0.15) is 18.4 Å². The zero-order valence-corrected chi connectivity index (χ0v) is 12.8. The van der Waals surface area contributed by atoms with Crippen molar-refractivity contribution in [1.29, 1.82) is 0 Å². The van der Waals surface area contributed by atoms with Crippen LogP contribution < -0.4 is 0 Å². The number of hydrogen-bond donors (Lipinski definition) is 0. The first-order chi connectivity index (χ1) is 10.4. The summed E-state index contributed by atoms with van der Waals surface area (Å²) in [5.74, 6) is 0. The summed E-state index contributed by atoms with van der Waals surface area (Å²) in [5.41, 5.74) is 1.48. The van der Waals surface area contributed by atoms with Gasteiger partial charge in [0, 0.05) is 4.90 Å². The molecule has 1 fully saturated rings. The quantitative estimate of drug-likeness (QED) is 0.782. The highest BCUT2D eigenvalue weighted by molar-refractivity contribution is 7.99. The van der Waals surface area contributed by atoms with Gasteiger partial charge in [0.1, 0.15) is 5.44 Å².